The first kappa shape index (κ1) is 14.4. The monoisotopic (exact) mass is 262 g/mol. The largest absolute Gasteiger partial charge is 0.492 e. The van der Waals surface area contributed by atoms with Crippen molar-refractivity contribution in [2.45, 2.75) is 33.2 Å². The number of nitrogens with zero attached hydrogens (tertiary/aromatic N) is 1. The fraction of sp³-hybridized carbons (Fsp3) is 0.625. The van der Waals surface area contributed by atoms with Gasteiger partial charge >= 0.3 is 0 Å². The Labute approximate surface area is 116 Å². The summed E-state index contributed by atoms with van der Waals surface area (Å²) in [6.07, 6.45) is 1.22. The molecule has 0 aromatic heterocycles. The first-order valence-corrected chi connectivity index (χ1v) is 7.25. The molecule has 2 unspecified atom stereocenters. The van der Waals surface area contributed by atoms with Crippen LogP contribution in [0.2, 0.25) is 0 Å². The van der Waals surface area contributed by atoms with E-state index in [1.165, 1.54) is 17.5 Å². The molecule has 3 nitrogen and oxygen atoms in total. The summed E-state index contributed by atoms with van der Waals surface area (Å²) in [6.45, 7) is 10.2. The molecule has 0 bridgehead atoms. The van der Waals surface area contributed by atoms with Crippen LogP contribution in [-0.4, -0.2) is 37.2 Å². The van der Waals surface area contributed by atoms with Gasteiger partial charge in [-0.15, -0.1) is 0 Å². The summed E-state index contributed by atoms with van der Waals surface area (Å²) in [6, 6.07) is 6.91. The average Bonchev–Trinajstić information content (AvgIpc) is 2.74. The van der Waals surface area contributed by atoms with Gasteiger partial charge < -0.3 is 10.5 Å². The standard InChI is InChI=1S/C16H26N2O/c1-12-5-4-6-13(2)16(12)19-8-7-18-11-15(10-17)9-14(18)3/h4-6,14-15H,7-11,17H2,1-3H3. The fourth-order valence-electron chi connectivity index (χ4n) is 2.99. The second-order valence-electron chi connectivity index (χ2n) is 5.75. The Balaban J connectivity index is 1.84. The minimum Gasteiger partial charge on any atom is -0.492 e. The maximum Gasteiger partial charge on any atom is 0.125 e. The summed E-state index contributed by atoms with van der Waals surface area (Å²) >= 11 is 0. The van der Waals surface area contributed by atoms with Crippen LogP contribution in [0.25, 0.3) is 0 Å². The summed E-state index contributed by atoms with van der Waals surface area (Å²) in [4.78, 5) is 2.49. The molecule has 1 aromatic rings. The molecule has 0 saturated carbocycles. The molecule has 0 amide bonds. The van der Waals surface area contributed by atoms with Gasteiger partial charge in [0, 0.05) is 19.1 Å². The van der Waals surface area contributed by atoms with Crippen LogP contribution in [0.15, 0.2) is 18.2 Å². The number of benzene rings is 1. The van der Waals surface area contributed by atoms with Crippen LogP contribution in [0.5, 0.6) is 5.75 Å². The number of rotatable bonds is 5. The lowest BCUT2D eigenvalue weighted by molar-refractivity contribution is 0.201. The Kier molecular flexibility index (Phi) is 4.83. The van der Waals surface area contributed by atoms with Crippen molar-refractivity contribution in [3.8, 4) is 5.75 Å². The van der Waals surface area contributed by atoms with Crippen molar-refractivity contribution in [1.29, 1.82) is 0 Å². The van der Waals surface area contributed by atoms with E-state index in [1.54, 1.807) is 0 Å². The van der Waals surface area contributed by atoms with E-state index in [0.29, 0.717) is 12.0 Å². The number of hydrogen-bond acceptors (Lipinski definition) is 3. The Bertz CT molecular complexity index is 399. The molecule has 1 aliphatic heterocycles. The quantitative estimate of drug-likeness (QED) is 0.885. The highest BCUT2D eigenvalue weighted by atomic mass is 16.5. The van der Waals surface area contributed by atoms with Crippen molar-refractivity contribution in [2.24, 2.45) is 11.7 Å². The molecular weight excluding hydrogens is 236 g/mol. The van der Waals surface area contributed by atoms with E-state index >= 15 is 0 Å². The summed E-state index contributed by atoms with van der Waals surface area (Å²) in [5, 5.41) is 0. The maximum absolute atomic E-state index is 5.97. The Morgan fingerprint density at radius 3 is 2.58 bits per heavy atom. The van der Waals surface area contributed by atoms with Crippen LogP contribution >= 0.6 is 0 Å². The van der Waals surface area contributed by atoms with Gasteiger partial charge in [-0.3, -0.25) is 4.90 Å². The first-order chi connectivity index (χ1) is 9.11. The van der Waals surface area contributed by atoms with Gasteiger partial charge in [0.1, 0.15) is 12.4 Å². The average molecular weight is 262 g/mol. The Morgan fingerprint density at radius 2 is 2.00 bits per heavy atom. The molecule has 0 aliphatic carbocycles. The van der Waals surface area contributed by atoms with E-state index in [-0.39, 0.29) is 0 Å². The lowest BCUT2D eigenvalue weighted by Crippen LogP contribution is -2.32. The number of ether oxygens (including phenoxy) is 1. The van der Waals surface area contributed by atoms with Crippen molar-refractivity contribution in [2.75, 3.05) is 26.2 Å². The summed E-state index contributed by atoms with van der Waals surface area (Å²) in [5.74, 6) is 1.71. The molecule has 1 saturated heterocycles. The smallest absolute Gasteiger partial charge is 0.125 e. The van der Waals surface area contributed by atoms with E-state index < -0.39 is 0 Å². The van der Waals surface area contributed by atoms with Gasteiger partial charge in [0.05, 0.1) is 0 Å². The molecular formula is C16H26N2O. The van der Waals surface area contributed by atoms with Gasteiger partial charge in [0.15, 0.2) is 0 Å². The summed E-state index contributed by atoms with van der Waals surface area (Å²) in [5.41, 5.74) is 8.19. The van der Waals surface area contributed by atoms with Crippen LogP contribution < -0.4 is 10.5 Å². The number of nitrogens with two attached hydrogens (primary N) is 1. The number of likely N-dealkylation sites (tertiary alicyclic amines) is 1. The SMILES string of the molecule is Cc1cccc(C)c1OCCN1CC(CN)CC1C. The molecule has 1 aliphatic rings. The zero-order chi connectivity index (χ0) is 13.8. The lowest BCUT2D eigenvalue weighted by atomic mass is 10.1. The zero-order valence-electron chi connectivity index (χ0n) is 12.4. The van der Waals surface area contributed by atoms with Crippen molar-refractivity contribution < 1.29 is 4.74 Å². The lowest BCUT2D eigenvalue weighted by Gasteiger charge is -2.21. The molecule has 2 atom stereocenters. The van der Waals surface area contributed by atoms with E-state index in [2.05, 4.69) is 43.9 Å². The van der Waals surface area contributed by atoms with Gasteiger partial charge in [-0.05, 0) is 50.8 Å². The molecule has 19 heavy (non-hydrogen) atoms. The second-order valence-corrected chi connectivity index (χ2v) is 5.75. The first-order valence-electron chi connectivity index (χ1n) is 7.25. The highest BCUT2D eigenvalue weighted by molar-refractivity contribution is 5.39. The van der Waals surface area contributed by atoms with Crippen LogP contribution in [0, 0.1) is 19.8 Å². The van der Waals surface area contributed by atoms with Gasteiger partial charge in [0.25, 0.3) is 0 Å². The fourth-order valence-corrected chi connectivity index (χ4v) is 2.99. The van der Waals surface area contributed by atoms with Crippen molar-refractivity contribution in [3.63, 3.8) is 0 Å². The highest BCUT2D eigenvalue weighted by Crippen LogP contribution is 2.24. The predicted molar refractivity (Wildman–Crippen MR) is 79.6 cm³/mol. The van der Waals surface area contributed by atoms with Crippen molar-refractivity contribution in [1.82, 2.24) is 4.90 Å². The van der Waals surface area contributed by atoms with E-state index in [0.717, 1.165) is 32.0 Å². The van der Waals surface area contributed by atoms with Crippen LogP contribution in [-0.2, 0) is 0 Å². The number of hydrogen-bond donors (Lipinski definition) is 1. The zero-order valence-corrected chi connectivity index (χ0v) is 12.4. The highest BCUT2D eigenvalue weighted by Gasteiger charge is 2.27. The molecule has 1 fully saturated rings. The van der Waals surface area contributed by atoms with Crippen molar-refractivity contribution in [3.05, 3.63) is 29.3 Å². The molecule has 2 N–H and O–H groups in total. The van der Waals surface area contributed by atoms with Gasteiger partial charge in [-0.1, -0.05) is 18.2 Å². The Hall–Kier alpha value is -1.06. The topological polar surface area (TPSA) is 38.5 Å². The third-order valence-electron chi connectivity index (χ3n) is 4.16. The molecule has 2 rings (SSSR count). The molecule has 3 heteroatoms. The molecule has 1 aromatic carbocycles. The van der Waals surface area contributed by atoms with Crippen molar-refractivity contribution >= 4 is 0 Å². The molecule has 1 heterocycles. The summed E-state index contributed by atoms with van der Waals surface area (Å²) in [7, 11) is 0. The minimum atomic E-state index is 0.634. The van der Waals surface area contributed by atoms with Crippen LogP contribution in [0.3, 0.4) is 0 Å². The third-order valence-corrected chi connectivity index (χ3v) is 4.16. The molecule has 0 radical (unpaired) electrons. The van der Waals surface area contributed by atoms with Gasteiger partial charge in [-0.2, -0.15) is 0 Å². The van der Waals surface area contributed by atoms with E-state index in [1.807, 2.05) is 0 Å². The van der Waals surface area contributed by atoms with Gasteiger partial charge in [0.2, 0.25) is 0 Å². The minimum absolute atomic E-state index is 0.634. The molecule has 0 spiro atoms. The van der Waals surface area contributed by atoms with E-state index in [4.69, 9.17) is 10.5 Å². The number of para-hydroxylation sites is 1. The molecule has 106 valence electrons. The van der Waals surface area contributed by atoms with Crippen LogP contribution in [0.1, 0.15) is 24.5 Å². The predicted octanol–water partition coefficient (Wildman–Crippen LogP) is 2.35. The van der Waals surface area contributed by atoms with E-state index in [9.17, 15) is 0 Å². The second kappa shape index (κ2) is 6.40. The maximum atomic E-state index is 5.97. The van der Waals surface area contributed by atoms with Gasteiger partial charge in [-0.25, -0.2) is 0 Å². The normalized spacial score (nSPS) is 23.8. The van der Waals surface area contributed by atoms with Crippen LogP contribution in [0.4, 0.5) is 0 Å². The summed E-state index contributed by atoms with van der Waals surface area (Å²) < 4.78 is 5.97. The Morgan fingerprint density at radius 1 is 1.32 bits per heavy atom. The number of aryl methyl sites for hydroxylation is 2. The third kappa shape index (κ3) is 3.48.